The van der Waals surface area contributed by atoms with Gasteiger partial charge in [0.2, 0.25) is 5.91 Å². The fourth-order valence-electron chi connectivity index (χ4n) is 2.83. The molecular weight excluding hydrogens is 342 g/mol. The van der Waals surface area contributed by atoms with E-state index in [0.29, 0.717) is 5.75 Å². The monoisotopic (exact) mass is 365 g/mol. The summed E-state index contributed by atoms with van der Waals surface area (Å²) in [6.45, 7) is 8.20. The number of benzene rings is 2. The predicted molar refractivity (Wildman–Crippen MR) is 108 cm³/mol. The topological polar surface area (TPSA) is 46.9 Å². The molecule has 3 rings (SSSR count). The Bertz CT molecular complexity index is 946. The molecule has 4 nitrogen and oxygen atoms in total. The third kappa shape index (κ3) is 4.17. The number of nitrogens with one attached hydrogen (secondary N) is 1. The highest BCUT2D eigenvalue weighted by atomic mass is 32.2. The van der Waals surface area contributed by atoms with E-state index in [1.807, 2.05) is 36.7 Å². The fourth-order valence-corrected chi connectivity index (χ4v) is 3.60. The number of rotatable bonds is 5. The molecule has 0 spiro atoms. The number of carbonyl (C=O) groups is 1. The second kappa shape index (κ2) is 7.79. The van der Waals surface area contributed by atoms with Crippen LogP contribution in [0.5, 0.6) is 0 Å². The van der Waals surface area contributed by atoms with Gasteiger partial charge >= 0.3 is 0 Å². The van der Waals surface area contributed by atoms with Crippen LogP contribution in [0.4, 0.5) is 5.69 Å². The maximum atomic E-state index is 12.3. The van der Waals surface area contributed by atoms with Crippen LogP contribution in [0.25, 0.3) is 5.69 Å². The molecule has 0 aliphatic rings. The molecule has 26 heavy (non-hydrogen) atoms. The summed E-state index contributed by atoms with van der Waals surface area (Å²) in [7, 11) is 0. The van der Waals surface area contributed by atoms with Crippen molar-refractivity contribution in [1.29, 1.82) is 0 Å². The molecule has 0 aliphatic heterocycles. The zero-order valence-electron chi connectivity index (χ0n) is 15.5. The molecule has 0 fully saturated rings. The van der Waals surface area contributed by atoms with E-state index in [2.05, 4.69) is 48.4 Å². The number of thioether (sulfide) groups is 1. The van der Waals surface area contributed by atoms with E-state index < -0.39 is 0 Å². The Balaban J connectivity index is 1.70. The highest BCUT2D eigenvalue weighted by Crippen LogP contribution is 2.24. The van der Waals surface area contributed by atoms with E-state index in [1.165, 1.54) is 28.5 Å². The molecule has 1 heterocycles. The number of aromatic nitrogens is 2. The van der Waals surface area contributed by atoms with Crippen LogP contribution >= 0.6 is 11.8 Å². The van der Waals surface area contributed by atoms with Crippen molar-refractivity contribution in [2.75, 3.05) is 11.1 Å². The van der Waals surface area contributed by atoms with Crippen LogP contribution in [0.2, 0.25) is 0 Å². The lowest BCUT2D eigenvalue weighted by Crippen LogP contribution is -2.15. The van der Waals surface area contributed by atoms with Gasteiger partial charge in [-0.2, -0.15) is 0 Å². The van der Waals surface area contributed by atoms with Crippen molar-refractivity contribution < 1.29 is 4.79 Å². The second-order valence-corrected chi connectivity index (χ2v) is 7.47. The lowest BCUT2D eigenvalue weighted by atomic mass is 10.1. The molecular formula is C21H23N3OS. The van der Waals surface area contributed by atoms with Crippen LogP contribution in [0.3, 0.4) is 0 Å². The molecule has 1 aromatic heterocycles. The van der Waals surface area contributed by atoms with Crippen molar-refractivity contribution in [2.45, 2.75) is 32.9 Å². The fraction of sp³-hybridized carbons (Fsp3) is 0.238. The lowest BCUT2D eigenvalue weighted by Gasteiger charge is -2.12. The van der Waals surface area contributed by atoms with Gasteiger partial charge in [0.15, 0.2) is 5.16 Å². The van der Waals surface area contributed by atoms with Crippen molar-refractivity contribution >= 4 is 23.4 Å². The summed E-state index contributed by atoms with van der Waals surface area (Å²) in [6, 6.07) is 12.4. The summed E-state index contributed by atoms with van der Waals surface area (Å²) in [4.78, 5) is 16.8. The smallest absolute Gasteiger partial charge is 0.234 e. The van der Waals surface area contributed by atoms with E-state index in [9.17, 15) is 4.79 Å². The van der Waals surface area contributed by atoms with Gasteiger partial charge < -0.3 is 5.32 Å². The van der Waals surface area contributed by atoms with Crippen molar-refractivity contribution in [1.82, 2.24) is 9.55 Å². The third-order valence-corrected chi connectivity index (χ3v) is 5.19. The molecule has 0 radical (unpaired) electrons. The average Bonchev–Trinajstić information content (AvgIpc) is 3.06. The molecule has 5 heteroatoms. The van der Waals surface area contributed by atoms with Gasteiger partial charge in [-0.3, -0.25) is 9.36 Å². The SMILES string of the molecule is Cc1ccc(NC(=O)CSc2nccn2-c2cc(C)ccc2C)c(C)c1. The summed E-state index contributed by atoms with van der Waals surface area (Å²) in [5.74, 6) is 0.285. The van der Waals surface area contributed by atoms with Crippen LogP contribution in [-0.4, -0.2) is 21.2 Å². The van der Waals surface area contributed by atoms with E-state index in [-0.39, 0.29) is 5.91 Å². The van der Waals surface area contributed by atoms with Gasteiger partial charge in [-0.15, -0.1) is 0 Å². The molecule has 3 aromatic rings. The minimum absolute atomic E-state index is 0.0301. The first kappa shape index (κ1) is 18.3. The average molecular weight is 366 g/mol. The molecule has 0 unspecified atom stereocenters. The minimum Gasteiger partial charge on any atom is -0.325 e. The Morgan fingerprint density at radius 3 is 2.54 bits per heavy atom. The molecule has 0 aliphatic carbocycles. The van der Waals surface area contributed by atoms with Crippen LogP contribution in [0, 0.1) is 27.7 Å². The first-order chi connectivity index (χ1) is 12.4. The lowest BCUT2D eigenvalue weighted by molar-refractivity contribution is -0.113. The zero-order chi connectivity index (χ0) is 18.7. The summed E-state index contributed by atoms with van der Waals surface area (Å²) < 4.78 is 2.04. The van der Waals surface area contributed by atoms with Crippen LogP contribution in [0.15, 0.2) is 53.9 Å². The van der Waals surface area contributed by atoms with Gasteiger partial charge in [0.05, 0.1) is 11.4 Å². The van der Waals surface area contributed by atoms with Gasteiger partial charge in [-0.05, 0) is 56.5 Å². The third-order valence-electron chi connectivity index (χ3n) is 4.22. The van der Waals surface area contributed by atoms with Crippen molar-refractivity contribution in [3.8, 4) is 5.69 Å². The number of carbonyl (C=O) groups excluding carboxylic acids is 1. The van der Waals surface area contributed by atoms with E-state index in [4.69, 9.17) is 0 Å². The largest absolute Gasteiger partial charge is 0.325 e. The Kier molecular flexibility index (Phi) is 5.47. The maximum Gasteiger partial charge on any atom is 0.234 e. The Morgan fingerprint density at radius 1 is 1.04 bits per heavy atom. The minimum atomic E-state index is -0.0301. The van der Waals surface area contributed by atoms with Crippen molar-refractivity contribution in [3.05, 3.63) is 71.0 Å². The highest BCUT2D eigenvalue weighted by molar-refractivity contribution is 7.99. The van der Waals surface area contributed by atoms with E-state index >= 15 is 0 Å². The molecule has 0 saturated heterocycles. The number of hydrogen-bond donors (Lipinski definition) is 1. The number of anilines is 1. The first-order valence-corrected chi connectivity index (χ1v) is 9.53. The zero-order valence-corrected chi connectivity index (χ0v) is 16.4. The Morgan fingerprint density at radius 2 is 1.77 bits per heavy atom. The molecule has 0 atom stereocenters. The summed E-state index contributed by atoms with van der Waals surface area (Å²) in [5.41, 5.74) is 6.59. The van der Waals surface area contributed by atoms with Gasteiger partial charge in [0, 0.05) is 18.1 Å². The number of hydrogen-bond acceptors (Lipinski definition) is 3. The quantitative estimate of drug-likeness (QED) is 0.658. The van der Waals surface area contributed by atoms with Gasteiger partial charge in [0.1, 0.15) is 0 Å². The number of aryl methyl sites for hydroxylation is 4. The van der Waals surface area contributed by atoms with Crippen LogP contribution in [-0.2, 0) is 4.79 Å². The van der Waals surface area contributed by atoms with Crippen LogP contribution in [0.1, 0.15) is 22.3 Å². The van der Waals surface area contributed by atoms with E-state index in [0.717, 1.165) is 22.1 Å². The molecule has 1 amide bonds. The first-order valence-electron chi connectivity index (χ1n) is 8.55. The molecule has 134 valence electrons. The van der Waals surface area contributed by atoms with Gasteiger partial charge in [0.25, 0.3) is 0 Å². The molecule has 0 saturated carbocycles. The summed E-state index contributed by atoms with van der Waals surface area (Å²) in [6.07, 6.45) is 3.71. The number of imidazole rings is 1. The number of amides is 1. The second-order valence-electron chi connectivity index (χ2n) is 6.52. The maximum absolute atomic E-state index is 12.3. The molecule has 1 N–H and O–H groups in total. The summed E-state index contributed by atoms with van der Waals surface area (Å²) in [5, 5.41) is 3.80. The number of nitrogens with zero attached hydrogens (tertiary/aromatic N) is 2. The normalized spacial score (nSPS) is 10.8. The predicted octanol–water partition coefficient (Wildman–Crippen LogP) is 4.84. The van der Waals surface area contributed by atoms with Gasteiger partial charge in [-0.1, -0.05) is 41.6 Å². The summed E-state index contributed by atoms with van der Waals surface area (Å²) >= 11 is 1.44. The molecule has 2 aromatic carbocycles. The highest BCUT2D eigenvalue weighted by Gasteiger charge is 2.11. The van der Waals surface area contributed by atoms with Gasteiger partial charge in [-0.25, -0.2) is 4.98 Å². The standard InChI is InChI=1S/C21H23N3OS/c1-14-6-8-18(17(4)11-14)23-20(25)13-26-21-22-9-10-24(21)19-12-15(2)5-7-16(19)3/h5-12H,13H2,1-4H3,(H,23,25). The van der Waals surface area contributed by atoms with Crippen molar-refractivity contribution in [2.24, 2.45) is 0 Å². The Labute approximate surface area is 158 Å². The van der Waals surface area contributed by atoms with E-state index in [1.54, 1.807) is 6.20 Å². The Hall–Kier alpha value is -2.53. The van der Waals surface area contributed by atoms with Crippen LogP contribution < -0.4 is 5.32 Å². The molecule has 0 bridgehead atoms. The van der Waals surface area contributed by atoms with Crippen molar-refractivity contribution in [3.63, 3.8) is 0 Å².